The predicted octanol–water partition coefficient (Wildman–Crippen LogP) is 8.15. The van der Waals surface area contributed by atoms with Gasteiger partial charge in [0, 0.05) is 27.9 Å². The van der Waals surface area contributed by atoms with Crippen LogP contribution in [0.25, 0.3) is 5.69 Å². The van der Waals surface area contributed by atoms with Crippen molar-refractivity contribution in [3.63, 3.8) is 0 Å². The first-order chi connectivity index (χ1) is 17.8. The summed E-state index contributed by atoms with van der Waals surface area (Å²) < 4.78 is 41.1. The molecule has 1 aliphatic rings. The van der Waals surface area contributed by atoms with Crippen molar-refractivity contribution in [2.24, 2.45) is 0 Å². The molecule has 0 amide bonds. The maximum atomic E-state index is 14.5. The summed E-state index contributed by atoms with van der Waals surface area (Å²) in [4.78, 5) is 4.96. The van der Waals surface area contributed by atoms with Crippen LogP contribution in [0.1, 0.15) is 42.6 Å². The van der Waals surface area contributed by atoms with Crippen molar-refractivity contribution in [3.05, 3.63) is 112 Å². The van der Waals surface area contributed by atoms with E-state index < -0.39 is 0 Å². The van der Waals surface area contributed by atoms with Crippen molar-refractivity contribution in [2.45, 2.75) is 43.0 Å². The number of halogens is 3. The topological polar surface area (TPSA) is 36.3 Å². The Morgan fingerprint density at radius 3 is 2.59 bits per heavy atom. The number of thioether (sulfide) groups is 1. The van der Waals surface area contributed by atoms with Crippen molar-refractivity contribution < 1.29 is 18.3 Å². The number of hydrogen-bond donors (Lipinski definition) is 0. The minimum atomic E-state index is -0.352. The van der Waals surface area contributed by atoms with Crippen molar-refractivity contribution >= 4 is 23.4 Å². The van der Waals surface area contributed by atoms with Gasteiger partial charge in [-0.15, -0.1) is 0 Å². The van der Waals surface area contributed by atoms with Crippen LogP contribution in [-0.4, -0.2) is 23.8 Å². The number of benzene rings is 2. The molecule has 0 radical (unpaired) electrons. The third-order valence-electron chi connectivity index (χ3n) is 6.46. The molecule has 8 heteroatoms. The van der Waals surface area contributed by atoms with Gasteiger partial charge in [-0.3, -0.25) is 4.57 Å². The van der Waals surface area contributed by atoms with Crippen LogP contribution in [-0.2, 0) is 21.6 Å². The second kappa shape index (κ2) is 12.0. The number of ether oxygens (including phenoxy) is 2. The number of methoxy groups -OCH3 is 2. The summed E-state index contributed by atoms with van der Waals surface area (Å²) >= 11 is 7.68. The van der Waals surface area contributed by atoms with Gasteiger partial charge < -0.3 is 9.47 Å². The van der Waals surface area contributed by atoms with Crippen LogP contribution in [0, 0.1) is 11.6 Å². The first-order valence-electron chi connectivity index (χ1n) is 11.9. The van der Waals surface area contributed by atoms with E-state index in [2.05, 4.69) is 6.58 Å². The summed E-state index contributed by atoms with van der Waals surface area (Å²) in [6, 6.07) is 11.0. The lowest BCUT2D eigenvalue weighted by atomic mass is 9.84. The van der Waals surface area contributed by atoms with Crippen molar-refractivity contribution in [1.82, 2.24) is 9.55 Å². The third-order valence-corrected chi connectivity index (χ3v) is 7.78. The van der Waals surface area contributed by atoms with E-state index in [0.717, 1.165) is 41.9 Å². The summed E-state index contributed by atoms with van der Waals surface area (Å²) in [6.07, 6.45) is 6.45. The van der Waals surface area contributed by atoms with E-state index in [1.807, 2.05) is 23.6 Å². The Balaban J connectivity index is 1.75. The minimum Gasteiger partial charge on any atom is -0.498 e. The van der Waals surface area contributed by atoms with E-state index in [1.165, 1.54) is 30.0 Å². The number of hydrogen-bond acceptors (Lipinski definition) is 4. The molecule has 0 unspecified atom stereocenters. The summed E-state index contributed by atoms with van der Waals surface area (Å²) in [5.41, 5.74) is 4.09. The average molecular weight is 543 g/mol. The second-order valence-corrected chi connectivity index (χ2v) is 10.1. The molecule has 0 saturated heterocycles. The molecule has 4 rings (SSSR count). The highest BCUT2D eigenvalue weighted by atomic mass is 35.5. The lowest BCUT2D eigenvalue weighted by Gasteiger charge is -2.25. The van der Waals surface area contributed by atoms with Crippen LogP contribution < -0.4 is 0 Å². The highest BCUT2D eigenvalue weighted by Gasteiger charge is 2.30. The Morgan fingerprint density at radius 2 is 1.92 bits per heavy atom. The molecule has 3 aromatic rings. The number of imidazole rings is 1. The van der Waals surface area contributed by atoms with Gasteiger partial charge in [0.25, 0.3) is 0 Å². The van der Waals surface area contributed by atoms with Gasteiger partial charge in [0.05, 0.1) is 25.6 Å². The number of aryl methyl sites for hydroxylation is 1. The molecule has 0 fully saturated rings. The van der Waals surface area contributed by atoms with Crippen molar-refractivity contribution in [2.75, 3.05) is 14.2 Å². The first-order valence-corrected chi connectivity index (χ1v) is 13.3. The fourth-order valence-corrected chi connectivity index (χ4v) is 5.82. The molecule has 1 atom stereocenters. The van der Waals surface area contributed by atoms with Gasteiger partial charge in [-0.1, -0.05) is 42.1 Å². The number of aromatic nitrogens is 2. The van der Waals surface area contributed by atoms with Crippen molar-refractivity contribution in [1.29, 1.82) is 0 Å². The molecule has 0 bridgehead atoms. The van der Waals surface area contributed by atoms with Gasteiger partial charge in [-0.25, -0.2) is 13.8 Å². The highest BCUT2D eigenvalue weighted by Crippen LogP contribution is 2.41. The molecular weight excluding hydrogens is 514 g/mol. The molecule has 0 N–H and O–H groups in total. The molecule has 1 aliphatic carbocycles. The van der Waals surface area contributed by atoms with Crippen LogP contribution in [0.2, 0.25) is 5.02 Å². The zero-order chi connectivity index (χ0) is 26.5. The zero-order valence-electron chi connectivity index (χ0n) is 21.1. The summed E-state index contributed by atoms with van der Waals surface area (Å²) in [5.74, 6) is 0.912. The fourth-order valence-electron chi connectivity index (χ4n) is 4.44. The van der Waals surface area contributed by atoms with Crippen LogP contribution in [0.15, 0.2) is 83.4 Å². The Morgan fingerprint density at radius 1 is 1.16 bits per heavy atom. The summed E-state index contributed by atoms with van der Waals surface area (Å²) in [7, 11) is 3.19. The smallest absolute Gasteiger partial charge is 0.173 e. The molecule has 2 aromatic carbocycles. The fraction of sp³-hybridized carbons (Fsp3) is 0.276. The van der Waals surface area contributed by atoms with E-state index >= 15 is 0 Å². The molecular formula is C29H29ClF2N2O2S. The Kier molecular flexibility index (Phi) is 8.77. The Bertz CT molecular complexity index is 1330. The second-order valence-electron chi connectivity index (χ2n) is 8.71. The van der Waals surface area contributed by atoms with Gasteiger partial charge in [0.2, 0.25) is 0 Å². The highest BCUT2D eigenvalue weighted by molar-refractivity contribution is 7.98. The molecule has 1 aromatic heterocycles. The minimum absolute atomic E-state index is 0.00934. The lowest BCUT2D eigenvalue weighted by molar-refractivity contribution is 0.232. The van der Waals surface area contributed by atoms with E-state index in [9.17, 15) is 8.78 Å². The van der Waals surface area contributed by atoms with Crippen LogP contribution in [0.4, 0.5) is 8.78 Å². The van der Waals surface area contributed by atoms with Crippen LogP contribution >= 0.6 is 23.4 Å². The Labute approximate surface area is 225 Å². The van der Waals surface area contributed by atoms with Crippen molar-refractivity contribution in [3.8, 4) is 5.69 Å². The maximum absolute atomic E-state index is 14.5. The van der Waals surface area contributed by atoms with E-state index in [-0.39, 0.29) is 17.6 Å². The average Bonchev–Trinajstić information content (AvgIpc) is 3.27. The standard InChI is InChI=1S/C29H29ClF2N2O2S/c1-18(11-16-27(36-4)19(2)35-3)22-7-5-10-26-28(22)34(21-14-12-20(31)13-15-21)29(33-26)37-17-23-24(30)8-6-9-25(23)32/h6,8-9,11-16,22H,1,5,7,10,17H2,2-4H3/b16-11-,27-19-/t22-/m1/s1. The van der Waals surface area contributed by atoms with Gasteiger partial charge in [0.1, 0.15) is 17.4 Å². The van der Waals surface area contributed by atoms with Gasteiger partial charge >= 0.3 is 0 Å². The quantitative estimate of drug-likeness (QED) is 0.155. The Hall–Kier alpha value is -3.03. The van der Waals surface area contributed by atoms with Gasteiger partial charge in [-0.05, 0) is 74.2 Å². The molecule has 37 heavy (non-hydrogen) atoms. The summed E-state index contributed by atoms with van der Waals surface area (Å²) in [6.45, 7) is 6.20. The number of allylic oxidation sites excluding steroid dienone is 4. The molecule has 1 heterocycles. The molecule has 4 nitrogen and oxygen atoms in total. The number of fused-ring (bicyclic) bond motifs is 1. The number of rotatable bonds is 9. The number of nitrogens with zero attached hydrogens (tertiary/aromatic N) is 2. The zero-order valence-corrected chi connectivity index (χ0v) is 22.6. The normalized spacial score (nSPS) is 15.9. The first kappa shape index (κ1) is 27.0. The lowest BCUT2D eigenvalue weighted by Crippen LogP contribution is -2.15. The molecule has 0 saturated carbocycles. The van der Waals surface area contributed by atoms with E-state index in [0.29, 0.717) is 33.0 Å². The molecule has 0 spiro atoms. The van der Waals surface area contributed by atoms with Gasteiger partial charge in [0.15, 0.2) is 10.9 Å². The monoisotopic (exact) mass is 542 g/mol. The summed E-state index contributed by atoms with van der Waals surface area (Å²) in [5, 5.41) is 1.08. The van der Waals surface area contributed by atoms with Crippen LogP contribution in [0.3, 0.4) is 0 Å². The van der Waals surface area contributed by atoms with Gasteiger partial charge in [-0.2, -0.15) is 0 Å². The van der Waals surface area contributed by atoms with E-state index in [4.69, 9.17) is 26.1 Å². The van der Waals surface area contributed by atoms with E-state index in [1.54, 1.807) is 38.5 Å². The SMILES string of the molecule is C=C(/C=C\C(OC)=C(/C)OC)[C@H]1CCCc2nc(SCc3c(F)cccc3Cl)n(-c3ccc(F)cc3)c21. The largest absolute Gasteiger partial charge is 0.498 e. The van der Waals surface area contributed by atoms with Crippen LogP contribution in [0.5, 0.6) is 0 Å². The predicted molar refractivity (Wildman–Crippen MR) is 145 cm³/mol. The maximum Gasteiger partial charge on any atom is 0.173 e. The molecule has 194 valence electrons. The molecule has 0 aliphatic heterocycles. The third kappa shape index (κ3) is 5.94.